The summed E-state index contributed by atoms with van der Waals surface area (Å²) in [5, 5.41) is 6.65. The van der Waals surface area contributed by atoms with Gasteiger partial charge < -0.3 is 19.5 Å². The Morgan fingerprint density at radius 3 is 2.11 bits per heavy atom. The fraction of sp³-hybridized carbons (Fsp3) is 0.393. The van der Waals surface area contributed by atoms with Gasteiger partial charge in [-0.3, -0.25) is 9.59 Å². The zero-order valence-electron chi connectivity index (χ0n) is 22.6. The van der Waals surface area contributed by atoms with Gasteiger partial charge in [-0.2, -0.15) is 5.10 Å². The molecule has 2 N–H and O–H groups in total. The average molecular weight is 526 g/mol. The third-order valence-electron chi connectivity index (χ3n) is 4.98. The van der Waals surface area contributed by atoms with Gasteiger partial charge in [-0.05, 0) is 75.6 Å². The zero-order valence-corrected chi connectivity index (χ0v) is 22.6. The molecule has 0 aliphatic rings. The lowest BCUT2D eigenvalue weighted by Gasteiger charge is -2.21. The Balaban J connectivity index is 1.98. The molecule has 0 fully saturated rings. The number of ketones is 1. The van der Waals surface area contributed by atoms with Crippen LogP contribution in [0.5, 0.6) is 5.75 Å². The minimum atomic E-state index is -0.756. The fourth-order valence-corrected chi connectivity index (χ4v) is 3.18. The van der Waals surface area contributed by atoms with Gasteiger partial charge in [0.1, 0.15) is 11.4 Å². The van der Waals surface area contributed by atoms with Crippen LogP contribution in [-0.2, 0) is 14.3 Å². The topological polar surface area (TPSA) is 132 Å². The summed E-state index contributed by atoms with van der Waals surface area (Å²) in [6.45, 7) is 10.7. The average Bonchev–Trinajstić information content (AvgIpc) is 2.85. The molecule has 204 valence electrons. The number of ether oxygens (including phenoxy) is 3. The summed E-state index contributed by atoms with van der Waals surface area (Å²) in [5.74, 6) is -0.877. The van der Waals surface area contributed by atoms with Gasteiger partial charge in [0.2, 0.25) is 0 Å². The number of Topliss-reactive ketones (excluding diaryl/α,β-unsaturated/α-hetero) is 1. The lowest BCUT2D eigenvalue weighted by atomic mass is 9.94. The molecule has 0 heterocycles. The first-order chi connectivity index (χ1) is 17.9. The highest BCUT2D eigenvalue weighted by molar-refractivity contribution is 6.04. The molecule has 38 heavy (non-hydrogen) atoms. The summed E-state index contributed by atoms with van der Waals surface area (Å²) >= 11 is 0. The van der Waals surface area contributed by atoms with Crippen LogP contribution < -0.4 is 15.5 Å². The Hall–Kier alpha value is -4.21. The smallest absolute Gasteiger partial charge is 0.428 e. The van der Waals surface area contributed by atoms with Crippen molar-refractivity contribution < 1.29 is 33.4 Å². The predicted molar refractivity (Wildman–Crippen MR) is 142 cm³/mol. The first kappa shape index (κ1) is 30.0. The van der Waals surface area contributed by atoms with Gasteiger partial charge >= 0.3 is 12.1 Å². The van der Waals surface area contributed by atoms with Crippen LogP contribution in [-0.4, -0.2) is 54.8 Å². The summed E-state index contributed by atoms with van der Waals surface area (Å²) in [6.07, 6.45) is 0.750. The summed E-state index contributed by atoms with van der Waals surface area (Å²) in [4.78, 5) is 49.1. The Morgan fingerprint density at radius 1 is 0.947 bits per heavy atom. The van der Waals surface area contributed by atoms with E-state index in [0.29, 0.717) is 22.4 Å². The van der Waals surface area contributed by atoms with Crippen LogP contribution in [0.15, 0.2) is 53.6 Å². The van der Waals surface area contributed by atoms with Crippen LogP contribution in [0.3, 0.4) is 0 Å². The van der Waals surface area contributed by atoms with E-state index in [4.69, 9.17) is 14.2 Å². The van der Waals surface area contributed by atoms with E-state index in [9.17, 15) is 19.2 Å². The van der Waals surface area contributed by atoms with Crippen molar-refractivity contribution in [1.82, 2.24) is 10.7 Å². The van der Waals surface area contributed by atoms with Gasteiger partial charge in [-0.1, -0.05) is 26.0 Å². The van der Waals surface area contributed by atoms with Gasteiger partial charge in [-0.25, -0.2) is 15.0 Å². The number of hydrogen-bond donors (Lipinski definition) is 2. The summed E-state index contributed by atoms with van der Waals surface area (Å²) < 4.78 is 15.3. The van der Waals surface area contributed by atoms with Crippen molar-refractivity contribution in [3.05, 3.63) is 65.2 Å². The third-order valence-corrected chi connectivity index (χ3v) is 4.98. The maximum absolute atomic E-state index is 13.1. The van der Waals surface area contributed by atoms with Crippen LogP contribution in [0.4, 0.5) is 4.79 Å². The molecule has 0 spiro atoms. The van der Waals surface area contributed by atoms with Crippen LogP contribution in [0, 0.1) is 5.92 Å². The first-order valence-electron chi connectivity index (χ1n) is 12.2. The van der Waals surface area contributed by atoms with E-state index in [2.05, 4.69) is 15.8 Å². The number of carbonyl (C=O) groups is 4. The molecule has 10 nitrogen and oxygen atoms in total. The Labute approximate surface area is 222 Å². The van der Waals surface area contributed by atoms with E-state index in [1.54, 1.807) is 76.2 Å². The second kappa shape index (κ2) is 13.9. The van der Waals surface area contributed by atoms with Crippen LogP contribution in [0.1, 0.15) is 67.8 Å². The molecule has 2 amide bonds. The van der Waals surface area contributed by atoms with Gasteiger partial charge in [0, 0.05) is 11.1 Å². The van der Waals surface area contributed by atoms with Crippen molar-refractivity contribution in [2.75, 3.05) is 13.2 Å². The van der Waals surface area contributed by atoms with Crippen LogP contribution in [0.2, 0.25) is 0 Å². The van der Waals surface area contributed by atoms with Crippen molar-refractivity contribution in [1.29, 1.82) is 0 Å². The third kappa shape index (κ3) is 10.0. The Morgan fingerprint density at radius 2 is 1.55 bits per heavy atom. The number of nitrogens with one attached hydrogen (secondary N) is 2. The van der Waals surface area contributed by atoms with Crippen molar-refractivity contribution >= 4 is 30.0 Å². The molecule has 0 bridgehead atoms. The van der Waals surface area contributed by atoms with Gasteiger partial charge in [-0.15, -0.1) is 0 Å². The molecule has 0 saturated heterocycles. The number of carbonyl (C=O) groups excluding carboxylic acids is 4. The van der Waals surface area contributed by atoms with Crippen LogP contribution in [0.25, 0.3) is 0 Å². The maximum atomic E-state index is 13.1. The van der Waals surface area contributed by atoms with Crippen molar-refractivity contribution in [3.63, 3.8) is 0 Å². The zero-order chi connectivity index (χ0) is 28.3. The number of rotatable bonds is 11. The molecular weight excluding hydrogens is 490 g/mol. The highest BCUT2D eigenvalue weighted by Gasteiger charge is 2.26. The molecule has 0 saturated carbocycles. The number of esters is 1. The van der Waals surface area contributed by atoms with Gasteiger partial charge in [0.05, 0.1) is 18.9 Å². The minimum absolute atomic E-state index is 0.170. The van der Waals surface area contributed by atoms with E-state index in [1.807, 2.05) is 13.8 Å². The van der Waals surface area contributed by atoms with Crippen molar-refractivity contribution in [3.8, 4) is 5.75 Å². The molecule has 0 aromatic heterocycles. The molecule has 0 radical (unpaired) electrons. The number of hydrogen-bond acceptors (Lipinski definition) is 8. The second-order valence-electron chi connectivity index (χ2n) is 9.67. The van der Waals surface area contributed by atoms with E-state index < -0.39 is 29.6 Å². The quantitative estimate of drug-likeness (QED) is 0.195. The lowest BCUT2D eigenvalue weighted by molar-refractivity contribution is -0.145. The van der Waals surface area contributed by atoms with Gasteiger partial charge in [0.15, 0.2) is 12.4 Å². The fourth-order valence-electron chi connectivity index (χ4n) is 3.18. The predicted octanol–water partition coefficient (Wildman–Crippen LogP) is 4.12. The molecular formula is C28H35N3O7. The molecule has 10 heteroatoms. The highest BCUT2D eigenvalue weighted by atomic mass is 16.6. The highest BCUT2D eigenvalue weighted by Crippen LogP contribution is 2.17. The number of hydrazone groups is 1. The summed E-state index contributed by atoms with van der Waals surface area (Å²) in [7, 11) is 0. The van der Waals surface area contributed by atoms with E-state index >= 15 is 0 Å². The number of nitrogens with zero attached hydrogens (tertiary/aromatic N) is 1. The Bertz CT molecular complexity index is 1130. The van der Waals surface area contributed by atoms with E-state index in [0.717, 1.165) is 0 Å². The molecule has 2 rings (SSSR count). The normalized spacial score (nSPS) is 12.1. The number of amides is 2. The second-order valence-corrected chi connectivity index (χ2v) is 9.67. The summed E-state index contributed by atoms with van der Waals surface area (Å²) in [6, 6.07) is 12.1. The SMILES string of the molecule is CCOC(=O)COc1ccc(C(=O)[C@@H](NC(=O)c2ccc(C=NNC(=O)OC(C)(C)C)cc2)C(C)C)cc1. The molecule has 2 aromatic rings. The molecule has 2 aromatic carbocycles. The molecule has 0 aliphatic heterocycles. The first-order valence-corrected chi connectivity index (χ1v) is 12.2. The Kier molecular flexibility index (Phi) is 11.0. The standard InChI is InChI=1S/C28H35N3O7/c1-7-36-23(32)17-37-22-14-12-20(13-15-22)25(33)24(18(2)3)30-26(34)21-10-8-19(9-11-21)16-29-31-27(35)38-28(4,5)6/h8-16,18,24H,7,17H2,1-6H3,(H,30,34)(H,31,35)/t24-/m0/s1. The van der Waals surface area contributed by atoms with Crippen LogP contribution >= 0.6 is 0 Å². The number of benzene rings is 2. The monoisotopic (exact) mass is 525 g/mol. The van der Waals surface area contributed by atoms with E-state index in [-0.39, 0.29) is 24.9 Å². The van der Waals surface area contributed by atoms with Crippen molar-refractivity contribution in [2.24, 2.45) is 11.0 Å². The summed E-state index contributed by atoms with van der Waals surface area (Å²) in [5.41, 5.74) is 3.06. The maximum Gasteiger partial charge on any atom is 0.428 e. The van der Waals surface area contributed by atoms with Crippen molar-refractivity contribution in [2.45, 2.75) is 53.2 Å². The van der Waals surface area contributed by atoms with E-state index in [1.165, 1.54) is 6.21 Å². The minimum Gasteiger partial charge on any atom is -0.482 e. The molecule has 0 aliphatic carbocycles. The molecule has 0 unspecified atom stereocenters. The largest absolute Gasteiger partial charge is 0.482 e. The van der Waals surface area contributed by atoms with Gasteiger partial charge in [0.25, 0.3) is 5.91 Å². The lowest BCUT2D eigenvalue weighted by Crippen LogP contribution is -2.44. The molecule has 1 atom stereocenters.